The molecule has 172 valence electrons. The maximum Gasteiger partial charge on any atom is 0.193 e. The van der Waals surface area contributed by atoms with Gasteiger partial charge in [-0.05, 0) is 24.6 Å². The minimum absolute atomic E-state index is 0.276. The highest BCUT2D eigenvalue weighted by Crippen LogP contribution is 2.27. The van der Waals surface area contributed by atoms with Crippen LogP contribution in [0.2, 0.25) is 0 Å². The van der Waals surface area contributed by atoms with Crippen molar-refractivity contribution < 1.29 is 9.84 Å². The first-order valence-corrected chi connectivity index (χ1v) is 11.5. The predicted octanol–water partition coefficient (Wildman–Crippen LogP) is 2.47. The highest BCUT2D eigenvalue weighted by molar-refractivity contribution is 5.80. The van der Waals surface area contributed by atoms with Crippen molar-refractivity contribution in [2.24, 2.45) is 4.99 Å². The maximum atomic E-state index is 10.2. The third-order valence-electron chi connectivity index (χ3n) is 6.38. The summed E-state index contributed by atoms with van der Waals surface area (Å²) in [5.74, 6) is 1.28. The van der Waals surface area contributed by atoms with Gasteiger partial charge in [0, 0.05) is 52.9 Å². The smallest absolute Gasteiger partial charge is 0.193 e. The molecular weight excluding hydrogens is 402 g/mol. The van der Waals surface area contributed by atoms with Crippen LogP contribution in [0, 0.1) is 6.92 Å². The molecule has 1 unspecified atom stereocenters. The topological polar surface area (TPSA) is 63.6 Å². The number of morpholine rings is 1. The molecule has 2 fully saturated rings. The summed E-state index contributed by atoms with van der Waals surface area (Å²) in [5.41, 5.74) is 3.52. The summed E-state index contributed by atoms with van der Waals surface area (Å²) in [7, 11) is 1.86. The summed E-state index contributed by atoms with van der Waals surface area (Å²) in [6.07, 6.45) is 0. The number of hydrogen-bond donors (Lipinski definition) is 2. The number of ether oxygens (including phenoxy) is 1. The average Bonchev–Trinajstić information content (AvgIpc) is 2.83. The average molecular weight is 438 g/mol. The highest BCUT2D eigenvalue weighted by Gasteiger charge is 2.25. The van der Waals surface area contributed by atoms with E-state index in [1.54, 1.807) is 6.07 Å². The summed E-state index contributed by atoms with van der Waals surface area (Å²) in [5, 5.41) is 13.8. The van der Waals surface area contributed by atoms with Gasteiger partial charge in [0.15, 0.2) is 5.96 Å². The van der Waals surface area contributed by atoms with E-state index >= 15 is 0 Å². The number of para-hydroxylation sites is 2. The lowest BCUT2D eigenvalue weighted by molar-refractivity contribution is 0.0169. The normalized spacial score (nSPS) is 19.1. The first kappa shape index (κ1) is 22.4. The Kier molecular flexibility index (Phi) is 7.50. The molecule has 2 N–H and O–H groups in total. The van der Waals surface area contributed by atoms with Gasteiger partial charge in [-0.15, -0.1) is 0 Å². The Labute approximate surface area is 191 Å². The summed E-state index contributed by atoms with van der Waals surface area (Å²) in [4.78, 5) is 11.6. The van der Waals surface area contributed by atoms with Gasteiger partial charge < -0.3 is 25.0 Å². The Morgan fingerprint density at radius 1 is 1.03 bits per heavy atom. The number of phenolic OH excluding ortho intramolecular Hbond substituents is 1. The molecule has 2 aromatic rings. The standard InChI is InChI=1S/C25H35N5O2/c1-20-6-5-7-21(18-20)23(29-14-16-32-17-15-29)19-27-25(26-2)30-12-10-28(11-13-30)22-8-3-4-9-24(22)31/h3-9,18,23,31H,10-17,19H2,1-2H3,(H,26,27). The van der Waals surface area contributed by atoms with Gasteiger partial charge in [-0.2, -0.15) is 0 Å². The van der Waals surface area contributed by atoms with Crippen LogP contribution in [0.3, 0.4) is 0 Å². The quantitative estimate of drug-likeness (QED) is 0.554. The third-order valence-corrected chi connectivity index (χ3v) is 6.38. The van der Waals surface area contributed by atoms with Crippen molar-refractivity contribution in [3.05, 3.63) is 59.7 Å². The minimum atomic E-state index is 0.276. The zero-order chi connectivity index (χ0) is 22.3. The van der Waals surface area contributed by atoms with Crippen molar-refractivity contribution in [2.45, 2.75) is 13.0 Å². The number of piperazine rings is 1. The van der Waals surface area contributed by atoms with Crippen molar-refractivity contribution >= 4 is 11.6 Å². The molecule has 4 rings (SSSR count). The fourth-order valence-electron chi connectivity index (χ4n) is 4.64. The number of aliphatic imine (C=N–C) groups is 1. The molecule has 0 aliphatic carbocycles. The summed E-state index contributed by atoms with van der Waals surface area (Å²) in [6.45, 7) is 9.83. The fraction of sp³-hybridized carbons (Fsp3) is 0.480. The van der Waals surface area contributed by atoms with Crippen molar-refractivity contribution in [3.8, 4) is 5.75 Å². The molecule has 2 aromatic carbocycles. The largest absolute Gasteiger partial charge is 0.506 e. The van der Waals surface area contributed by atoms with E-state index in [0.717, 1.165) is 70.7 Å². The Bertz CT molecular complexity index is 905. The van der Waals surface area contributed by atoms with Crippen molar-refractivity contribution in [1.82, 2.24) is 15.1 Å². The van der Waals surface area contributed by atoms with Crippen LogP contribution in [-0.2, 0) is 4.74 Å². The van der Waals surface area contributed by atoms with Crippen LogP contribution in [0.4, 0.5) is 5.69 Å². The molecule has 7 heteroatoms. The van der Waals surface area contributed by atoms with E-state index in [0.29, 0.717) is 5.75 Å². The van der Waals surface area contributed by atoms with Gasteiger partial charge in [-0.3, -0.25) is 9.89 Å². The van der Waals surface area contributed by atoms with Crippen molar-refractivity contribution in [1.29, 1.82) is 0 Å². The molecule has 2 aliphatic rings. The fourth-order valence-corrected chi connectivity index (χ4v) is 4.64. The van der Waals surface area contributed by atoms with E-state index in [-0.39, 0.29) is 6.04 Å². The van der Waals surface area contributed by atoms with E-state index in [9.17, 15) is 5.11 Å². The van der Waals surface area contributed by atoms with Gasteiger partial charge in [0.25, 0.3) is 0 Å². The molecule has 0 aromatic heterocycles. The van der Waals surface area contributed by atoms with Gasteiger partial charge in [0.05, 0.1) is 24.9 Å². The number of nitrogens with zero attached hydrogens (tertiary/aromatic N) is 4. The first-order chi connectivity index (χ1) is 15.7. The molecule has 0 radical (unpaired) electrons. The Morgan fingerprint density at radius 2 is 1.78 bits per heavy atom. The molecule has 0 spiro atoms. The van der Waals surface area contributed by atoms with Gasteiger partial charge >= 0.3 is 0 Å². The lowest BCUT2D eigenvalue weighted by Crippen LogP contribution is -2.54. The van der Waals surface area contributed by atoms with Crippen LogP contribution in [0.15, 0.2) is 53.5 Å². The Morgan fingerprint density at radius 3 is 2.47 bits per heavy atom. The van der Waals surface area contributed by atoms with Gasteiger partial charge in [-0.25, -0.2) is 0 Å². The van der Waals surface area contributed by atoms with Crippen LogP contribution in [0.5, 0.6) is 5.75 Å². The number of hydrogen-bond acceptors (Lipinski definition) is 5. The summed E-state index contributed by atoms with van der Waals surface area (Å²) < 4.78 is 5.59. The predicted molar refractivity (Wildman–Crippen MR) is 130 cm³/mol. The van der Waals surface area contributed by atoms with E-state index in [4.69, 9.17) is 4.74 Å². The lowest BCUT2D eigenvalue weighted by atomic mass is 10.0. The van der Waals surface area contributed by atoms with Gasteiger partial charge in [0.2, 0.25) is 0 Å². The van der Waals surface area contributed by atoms with E-state index in [1.807, 2.05) is 25.2 Å². The molecule has 1 atom stereocenters. The van der Waals surface area contributed by atoms with Crippen molar-refractivity contribution in [2.75, 3.05) is 71.0 Å². The number of aromatic hydroxyl groups is 1. The summed E-state index contributed by atoms with van der Waals surface area (Å²) >= 11 is 0. The number of aryl methyl sites for hydroxylation is 1. The third kappa shape index (κ3) is 5.34. The van der Waals surface area contributed by atoms with Crippen molar-refractivity contribution in [3.63, 3.8) is 0 Å². The molecule has 0 amide bonds. The molecule has 2 aliphatic heterocycles. The molecule has 32 heavy (non-hydrogen) atoms. The number of guanidine groups is 1. The SMILES string of the molecule is CN=C(NCC(c1cccc(C)c1)N1CCOCC1)N1CCN(c2ccccc2O)CC1. The van der Waals surface area contributed by atoms with Crippen LogP contribution in [-0.4, -0.2) is 86.9 Å². The molecule has 0 bridgehead atoms. The molecular formula is C25H35N5O2. The zero-order valence-corrected chi connectivity index (χ0v) is 19.2. The lowest BCUT2D eigenvalue weighted by Gasteiger charge is -2.39. The second-order valence-electron chi connectivity index (χ2n) is 8.47. The second kappa shape index (κ2) is 10.7. The Balaban J connectivity index is 1.39. The first-order valence-electron chi connectivity index (χ1n) is 11.5. The van der Waals surface area contributed by atoms with E-state index in [1.165, 1.54) is 11.1 Å². The minimum Gasteiger partial charge on any atom is -0.506 e. The highest BCUT2D eigenvalue weighted by atomic mass is 16.5. The number of anilines is 1. The van der Waals surface area contributed by atoms with Gasteiger partial charge in [-0.1, -0.05) is 42.0 Å². The molecule has 2 heterocycles. The molecule has 0 saturated carbocycles. The molecule has 7 nitrogen and oxygen atoms in total. The van der Waals surface area contributed by atoms with Crippen LogP contribution < -0.4 is 10.2 Å². The number of benzene rings is 2. The number of nitrogens with one attached hydrogen (secondary N) is 1. The van der Waals surface area contributed by atoms with Gasteiger partial charge in [0.1, 0.15) is 5.75 Å². The Hall–Kier alpha value is -2.77. The maximum absolute atomic E-state index is 10.2. The number of phenols is 1. The monoisotopic (exact) mass is 437 g/mol. The van der Waals surface area contributed by atoms with E-state index < -0.39 is 0 Å². The van der Waals surface area contributed by atoms with Crippen LogP contribution in [0.1, 0.15) is 17.2 Å². The van der Waals surface area contributed by atoms with E-state index in [2.05, 4.69) is 56.2 Å². The number of rotatable bonds is 5. The zero-order valence-electron chi connectivity index (χ0n) is 19.2. The molecule has 2 saturated heterocycles. The van der Waals surface area contributed by atoms with Crippen LogP contribution >= 0.6 is 0 Å². The van der Waals surface area contributed by atoms with Crippen LogP contribution in [0.25, 0.3) is 0 Å². The summed E-state index contributed by atoms with van der Waals surface area (Å²) in [6, 6.07) is 16.6. The second-order valence-corrected chi connectivity index (χ2v) is 8.47.